The third kappa shape index (κ3) is 3.23. The number of thiophene rings is 1. The van der Waals surface area contributed by atoms with Crippen LogP contribution in [0.25, 0.3) is 10.2 Å². The number of carbonyl (C=O) groups excluding carboxylic acids is 1. The first kappa shape index (κ1) is 19.0. The quantitative estimate of drug-likeness (QED) is 0.591. The van der Waals surface area contributed by atoms with E-state index in [-0.39, 0.29) is 23.3 Å². The van der Waals surface area contributed by atoms with Gasteiger partial charge in [-0.2, -0.15) is 5.10 Å². The van der Waals surface area contributed by atoms with Crippen LogP contribution in [-0.2, 0) is 11.2 Å². The van der Waals surface area contributed by atoms with Gasteiger partial charge in [0.2, 0.25) is 5.91 Å². The maximum absolute atomic E-state index is 12.5. The number of aromatic amines is 1. The Hall–Kier alpha value is -2.02. The molecular formula is C22H28N4O2S. The van der Waals surface area contributed by atoms with Crippen LogP contribution in [0, 0.1) is 37.0 Å². The van der Waals surface area contributed by atoms with Crippen LogP contribution in [0.3, 0.4) is 0 Å². The smallest absolute Gasteiger partial charge is 0.259 e. The topological polar surface area (TPSA) is 87.2 Å². The third-order valence-corrected chi connectivity index (χ3v) is 8.67. The molecule has 29 heavy (non-hydrogen) atoms. The van der Waals surface area contributed by atoms with Crippen LogP contribution in [0.4, 0.5) is 0 Å². The van der Waals surface area contributed by atoms with Crippen molar-refractivity contribution in [1.29, 1.82) is 0 Å². The summed E-state index contributed by atoms with van der Waals surface area (Å²) in [6.07, 6.45) is 7.89. The molecule has 4 fully saturated rings. The summed E-state index contributed by atoms with van der Waals surface area (Å²) in [6, 6.07) is 0. The molecule has 0 saturated heterocycles. The number of aromatic nitrogens is 2. The van der Waals surface area contributed by atoms with Crippen molar-refractivity contribution in [3.63, 3.8) is 0 Å². The zero-order chi connectivity index (χ0) is 20.3. The van der Waals surface area contributed by atoms with E-state index in [2.05, 4.69) is 27.4 Å². The van der Waals surface area contributed by atoms with Crippen LogP contribution >= 0.6 is 11.3 Å². The van der Waals surface area contributed by atoms with Crippen molar-refractivity contribution in [3.8, 4) is 0 Å². The summed E-state index contributed by atoms with van der Waals surface area (Å²) in [7, 11) is 0. The zero-order valence-corrected chi connectivity index (χ0v) is 18.1. The van der Waals surface area contributed by atoms with E-state index in [1.807, 2.05) is 13.8 Å². The molecule has 0 atom stereocenters. The summed E-state index contributed by atoms with van der Waals surface area (Å²) in [5, 5.41) is 5.14. The molecule has 4 aliphatic rings. The molecule has 2 N–H and O–H groups in total. The van der Waals surface area contributed by atoms with Crippen molar-refractivity contribution in [2.75, 3.05) is 0 Å². The Kier molecular flexibility index (Phi) is 4.42. The summed E-state index contributed by atoms with van der Waals surface area (Å²) in [6.45, 7) is 5.99. The Labute approximate surface area is 174 Å². The number of rotatable bonds is 4. The second-order valence-corrected chi connectivity index (χ2v) is 10.8. The van der Waals surface area contributed by atoms with Crippen LogP contribution in [-0.4, -0.2) is 21.6 Å². The number of amides is 1. The molecule has 6 rings (SSSR count). The summed E-state index contributed by atoms with van der Waals surface area (Å²) in [5.41, 5.74) is 4.79. The van der Waals surface area contributed by atoms with E-state index < -0.39 is 0 Å². The summed E-state index contributed by atoms with van der Waals surface area (Å²) in [5.74, 6) is 2.70. The van der Waals surface area contributed by atoms with Gasteiger partial charge in [-0.1, -0.05) is 0 Å². The number of nitrogens with zero attached hydrogens (tertiary/aromatic N) is 2. The highest BCUT2D eigenvalue weighted by Crippen LogP contribution is 2.60. The van der Waals surface area contributed by atoms with Gasteiger partial charge in [0.05, 0.1) is 11.8 Å². The van der Waals surface area contributed by atoms with Gasteiger partial charge < -0.3 is 4.98 Å². The fourth-order valence-corrected chi connectivity index (χ4v) is 7.44. The van der Waals surface area contributed by atoms with Crippen molar-refractivity contribution in [2.24, 2.45) is 28.3 Å². The van der Waals surface area contributed by atoms with Crippen LogP contribution in [0.1, 0.15) is 61.7 Å². The first-order chi connectivity index (χ1) is 13.8. The highest BCUT2D eigenvalue weighted by Gasteiger charge is 2.52. The number of aryl methyl sites for hydroxylation is 2. The predicted molar refractivity (Wildman–Crippen MR) is 115 cm³/mol. The summed E-state index contributed by atoms with van der Waals surface area (Å²) < 4.78 is 0. The van der Waals surface area contributed by atoms with E-state index in [0.29, 0.717) is 16.0 Å². The van der Waals surface area contributed by atoms with Gasteiger partial charge >= 0.3 is 0 Å². The lowest BCUT2D eigenvalue weighted by Gasteiger charge is -2.56. The maximum Gasteiger partial charge on any atom is 0.259 e. The lowest BCUT2D eigenvalue weighted by atomic mass is 9.48. The average molecular weight is 413 g/mol. The molecular weight excluding hydrogens is 384 g/mol. The number of hydrazone groups is 1. The van der Waals surface area contributed by atoms with Gasteiger partial charge in [-0.15, -0.1) is 11.3 Å². The second kappa shape index (κ2) is 6.76. The highest BCUT2D eigenvalue weighted by atomic mass is 32.1. The number of hydrogen-bond donors (Lipinski definition) is 2. The average Bonchev–Trinajstić information content (AvgIpc) is 2.92. The van der Waals surface area contributed by atoms with Crippen molar-refractivity contribution < 1.29 is 4.79 Å². The van der Waals surface area contributed by atoms with Crippen molar-refractivity contribution in [2.45, 2.75) is 65.7 Å². The fraction of sp³-hybridized carbons (Fsp3) is 0.636. The lowest BCUT2D eigenvalue weighted by molar-refractivity contribution is -0.120. The van der Waals surface area contributed by atoms with Crippen molar-refractivity contribution in [3.05, 3.63) is 26.6 Å². The predicted octanol–water partition coefficient (Wildman–Crippen LogP) is 3.85. The first-order valence-electron chi connectivity index (χ1n) is 10.7. The van der Waals surface area contributed by atoms with Crippen LogP contribution in [0.15, 0.2) is 9.90 Å². The minimum Gasteiger partial charge on any atom is -0.309 e. The molecule has 0 aromatic carbocycles. The Bertz CT molecular complexity index is 1050. The minimum absolute atomic E-state index is 0.0266. The molecule has 0 unspecified atom stereocenters. The largest absolute Gasteiger partial charge is 0.309 e. The SMILES string of the molecule is C/C(=N/NC(=O)Cc1nc2sc(C)c(C)c2c(=O)[nH]1)C12CC3CC(CC(C3)C1)C2. The van der Waals surface area contributed by atoms with Crippen molar-refractivity contribution in [1.82, 2.24) is 15.4 Å². The summed E-state index contributed by atoms with van der Waals surface area (Å²) in [4.78, 5) is 33.9. The molecule has 0 aliphatic heterocycles. The Morgan fingerprint density at radius 1 is 1.21 bits per heavy atom. The van der Waals surface area contributed by atoms with E-state index in [1.165, 1.54) is 49.9 Å². The molecule has 4 saturated carbocycles. The van der Waals surface area contributed by atoms with Gasteiger partial charge in [0.1, 0.15) is 10.7 Å². The number of fused-ring (bicyclic) bond motifs is 1. The van der Waals surface area contributed by atoms with Crippen LogP contribution in [0.5, 0.6) is 0 Å². The van der Waals surface area contributed by atoms with Crippen molar-refractivity contribution >= 4 is 33.2 Å². The van der Waals surface area contributed by atoms with Gasteiger partial charge in [0, 0.05) is 16.0 Å². The van der Waals surface area contributed by atoms with E-state index in [4.69, 9.17) is 0 Å². The van der Waals surface area contributed by atoms with E-state index in [0.717, 1.165) is 33.9 Å². The number of nitrogens with one attached hydrogen (secondary N) is 2. The molecule has 0 radical (unpaired) electrons. The van der Waals surface area contributed by atoms with E-state index in [9.17, 15) is 9.59 Å². The molecule has 2 aromatic rings. The fourth-order valence-electron chi connectivity index (χ4n) is 6.39. The molecule has 6 nitrogen and oxygen atoms in total. The standard InChI is InChI=1S/C22H28N4O2S/c1-11-12(2)29-21-19(11)20(28)23-17(24-21)7-18(27)26-25-13(3)22-8-14-4-15(9-22)6-16(5-14)10-22/h14-16H,4-10H2,1-3H3,(H,26,27)(H,23,24,28)/b25-13-. The first-order valence-corrected chi connectivity index (χ1v) is 11.5. The molecule has 2 heterocycles. The zero-order valence-electron chi connectivity index (χ0n) is 17.3. The van der Waals surface area contributed by atoms with Gasteiger partial charge in [0.25, 0.3) is 5.56 Å². The van der Waals surface area contributed by atoms with Gasteiger partial charge in [-0.25, -0.2) is 10.4 Å². The Morgan fingerprint density at radius 2 is 1.83 bits per heavy atom. The lowest BCUT2D eigenvalue weighted by Crippen LogP contribution is -2.49. The minimum atomic E-state index is -0.235. The second-order valence-electron chi connectivity index (χ2n) is 9.58. The molecule has 4 bridgehead atoms. The van der Waals surface area contributed by atoms with E-state index in [1.54, 1.807) is 0 Å². The maximum atomic E-state index is 12.5. The Morgan fingerprint density at radius 3 is 2.45 bits per heavy atom. The van der Waals surface area contributed by atoms with Gasteiger partial charge in [-0.3, -0.25) is 9.59 Å². The number of H-pyrrole nitrogens is 1. The normalized spacial score (nSPS) is 30.9. The molecule has 4 aliphatic carbocycles. The third-order valence-electron chi connectivity index (χ3n) is 7.57. The number of carbonyl (C=O) groups is 1. The van der Waals surface area contributed by atoms with E-state index >= 15 is 0 Å². The van der Waals surface area contributed by atoms with Gasteiger partial charge in [-0.05, 0) is 82.6 Å². The molecule has 1 amide bonds. The van der Waals surface area contributed by atoms with Crippen LogP contribution in [0.2, 0.25) is 0 Å². The highest BCUT2D eigenvalue weighted by molar-refractivity contribution is 7.18. The van der Waals surface area contributed by atoms with Crippen LogP contribution < -0.4 is 11.0 Å². The molecule has 7 heteroatoms. The monoisotopic (exact) mass is 412 g/mol. The number of hydrogen-bond acceptors (Lipinski definition) is 5. The molecule has 2 aromatic heterocycles. The molecule has 154 valence electrons. The Balaban J connectivity index is 1.30. The summed E-state index contributed by atoms with van der Waals surface area (Å²) >= 11 is 1.49. The van der Waals surface area contributed by atoms with Gasteiger partial charge in [0.15, 0.2) is 0 Å². The molecule has 0 spiro atoms.